The van der Waals surface area contributed by atoms with Gasteiger partial charge in [-0.15, -0.1) is 0 Å². The number of aromatic nitrogens is 2. The van der Waals surface area contributed by atoms with E-state index in [2.05, 4.69) is 15.3 Å². The van der Waals surface area contributed by atoms with E-state index < -0.39 is 0 Å². The summed E-state index contributed by atoms with van der Waals surface area (Å²) in [7, 11) is 0. The Labute approximate surface area is 122 Å². The molecule has 1 aliphatic heterocycles. The van der Waals surface area contributed by atoms with Gasteiger partial charge in [-0.05, 0) is 24.6 Å². The van der Waals surface area contributed by atoms with Crippen LogP contribution in [-0.2, 0) is 0 Å². The monoisotopic (exact) mass is 290 g/mol. The van der Waals surface area contributed by atoms with E-state index in [9.17, 15) is 4.79 Å². The average molecular weight is 291 g/mol. The smallest absolute Gasteiger partial charge is 0.257 e. The molecular weight excluding hydrogens is 276 g/mol. The summed E-state index contributed by atoms with van der Waals surface area (Å²) in [6.45, 7) is 2.71. The normalized spacial score (nSPS) is 17.8. The van der Waals surface area contributed by atoms with Crippen LogP contribution in [0.2, 0.25) is 5.02 Å². The number of H-pyrrole nitrogens is 1. The molecule has 0 bridgehead atoms. The molecule has 6 heteroatoms. The van der Waals surface area contributed by atoms with Gasteiger partial charge in [0.05, 0.1) is 11.3 Å². The lowest BCUT2D eigenvalue weighted by atomic mass is 10.1. The summed E-state index contributed by atoms with van der Waals surface area (Å²) in [6.07, 6.45) is 4.02. The third-order valence-electron chi connectivity index (χ3n) is 3.32. The number of imidazole rings is 1. The minimum Gasteiger partial charge on any atom is -0.358 e. The number of carbonyl (C=O) groups is 1. The lowest BCUT2D eigenvalue weighted by molar-refractivity contribution is 0.0676. The van der Waals surface area contributed by atoms with Crippen LogP contribution in [0.5, 0.6) is 0 Å². The molecule has 1 aliphatic rings. The Morgan fingerprint density at radius 2 is 2.30 bits per heavy atom. The van der Waals surface area contributed by atoms with E-state index in [1.165, 1.54) is 0 Å². The quantitative estimate of drug-likeness (QED) is 0.913. The highest BCUT2D eigenvalue weighted by atomic mass is 35.5. The van der Waals surface area contributed by atoms with Crippen molar-refractivity contribution in [2.24, 2.45) is 0 Å². The Balaban J connectivity index is 2.04. The van der Waals surface area contributed by atoms with Crippen molar-refractivity contribution < 1.29 is 4.79 Å². The molecule has 1 aromatic carbocycles. The molecule has 2 N–H and O–H groups in total. The SMILES string of the molecule is CCCN1C(=O)c2ccc(Cl)cc2NC1c1ncc[nH]1. The maximum absolute atomic E-state index is 12.6. The van der Waals surface area contributed by atoms with Gasteiger partial charge in [-0.2, -0.15) is 0 Å². The number of hydrogen-bond acceptors (Lipinski definition) is 3. The summed E-state index contributed by atoms with van der Waals surface area (Å²) in [4.78, 5) is 21.7. The molecule has 0 saturated heterocycles. The number of benzene rings is 1. The number of fused-ring (bicyclic) bond motifs is 1. The lowest BCUT2D eigenvalue weighted by Crippen LogP contribution is -2.43. The van der Waals surface area contributed by atoms with E-state index in [1.807, 2.05) is 6.92 Å². The first-order valence-corrected chi connectivity index (χ1v) is 6.95. The fraction of sp³-hybridized carbons (Fsp3) is 0.286. The molecule has 1 atom stereocenters. The molecule has 0 spiro atoms. The summed E-state index contributed by atoms with van der Waals surface area (Å²) in [5, 5.41) is 3.94. The maximum Gasteiger partial charge on any atom is 0.257 e. The lowest BCUT2D eigenvalue weighted by Gasteiger charge is -2.36. The molecule has 20 heavy (non-hydrogen) atoms. The van der Waals surface area contributed by atoms with Gasteiger partial charge in [-0.25, -0.2) is 4.98 Å². The molecule has 3 rings (SSSR count). The van der Waals surface area contributed by atoms with Crippen molar-refractivity contribution in [3.8, 4) is 0 Å². The number of anilines is 1. The zero-order valence-electron chi connectivity index (χ0n) is 11.1. The zero-order chi connectivity index (χ0) is 14.1. The highest BCUT2D eigenvalue weighted by Crippen LogP contribution is 2.33. The fourth-order valence-corrected chi connectivity index (χ4v) is 2.61. The standard InChI is InChI=1S/C14H15ClN4O/c1-2-7-19-13(12-16-5-6-17-12)18-11-8-9(15)3-4-10(11)14(19)20/h3-6,8,13,18H,2,7H2,1H3,(H,16,17). The number of aromatic amines is 1. The van der Waals surface area contributed by atoms with Crippen LogP contribution in [0.15, 0.2) is 30.6 Å². The van der Waals surface area contributed by atoms with E-state index in [0.717, 1.165) is 17.9 Å². The molecule has 0 saturated carbocycles. The molecule has 1 aromatic heterocycles. The predicted octanol–water partition coefficient (Wildman–Crippen LogP) is 3.04. The third-order valence-corrected chi connectivity index (χ3v) is 3.55. The van der Waals surface area contributed by atoms with Crippen molar-refractivity contribution in [1.82, 2.24) is 14.9 Å². The summed E-state index contributed by atoms with van der Waals surface area (Å²) < 4.78 is 0. The summed E-state index contributed by atoms with van der Waals surface area (Å²) in [5.74, 6) is 0.719. The first-order valence-electron chi connectivity index (χ1n) is 6.57. The zero-order valence-corrected chi connectivity index (χ0v) is 11.8. The van der Waals surface area contributed by atoms with Gasteiger partial charge in [0.25, 0.3) is 5.91 Å². The summed E-state index contributed by atoms with van der Waals surface area (Å²) in [6, 6.07) is 5.26. The van der Waals surface area contributed by atoms with Gasteiger partial charge in [-0.3, -0.25) is 4.79 Å². The highest BCUT2D eigenvalue weighted by Gasteiger charge is 2.33. The van der Waals surface area contributed by atoms with Crippen LogP contribution in [0.4, 0.5) is 5.69 Å². The Hall–Kier alpha value is -2.01. The molecule has 0 aliphatic carbocycles. The van der Waals surface area contributed by atoms with E-state index >= 15 is 0 Å². The van der Waals surface area contributed by atoms with Gasteiger partial charge < -0.3 is 15.2 Å². The van der Waals surface area contributed by atoms with E-state index in [0.29, 0.717) is 17.1 Å². The van der Waals surface area contributed by atoms with Gasteiger partial charge in [0.2, 0.25) is 0 Å². The average Bonchev–Trinajstić information content (AvgIpc) is 2.95. The molecular formula is C14H15ClN4O. The minimum atomic E-state index is -0.289. The number of nitrogens with one attached hydrogen (secondary N) is 2. The van der Waals surface area contributed by atoms with Crippen LogP contribution in [-0.4, -0.2) is 27.3 Å². The Morgan fingerprint density at radius 3 is 3.00 bits per heavy atom. The third kappa shape index (κ3) is 2.14. The largest absolute Gasteiger partial charge is 0.358 e. The van der Waals surface area contributed by atoms with Crippen molar-refractivity contribution in [3.63, 3.8) is 0 Å². The minimum absolute atomic E-state index is 0.00123. The molecule has 2 aromatic rings. The first-order chi connectivity index (χ1) is 9.70. The number of carbonyl (C=O) groups excluding carboxylic acids is 1. The molecule has 1 amide bonds. The molecule has 1 unspecified atom stereocenters. The van der Waals surface area contributed by atoms with Crippen LogP contribution in [0.3, 0.4) is 0 Å². The van der Waals surface area contributed by atoms with Crippen LogP contribution in [0.1, 0.15) is 35.7 Å². The topological polar surface area (TPSA) is 61.0 Å². The second-order valence-corrected chi connectivity index (χ2v) is 5.15. The number of halogens is 1. The Morgan fingerprint density at radius 1 is 1.45 bits per heavy atom. The number of rotatable bonds is 3. The maximum atomic E-state index is 12.6. The van der Waals surface area contributed by atoms with Crippen molar-refractivity contribution in [2.75, 3.05) is 11.9 Å². The molecule has 5 nitrogen and oxygen atoms in total. The van der Waals surface area contributed by atoms with E-state index in [-0.39, 0.29) is 12.1 Å². The van der Waals surface area contributed by atoms with Crippen LogP contribution >= 0.6 is 11.6 Å². The second kappa shape index (κ2) is 5.17. The Bertz CT molecular complexity index is 626. The van der Waals surface area contributed by atoms with Crippen molar-refractivity contribution in [1.29, 1.82) is 0 Å². The Kier molecular flexibility index (Phi) is 3.36. The number of nitrogens with zero attached hydrogens (tertiary/aromatic N) is 2. The first kappa shape index (κ1) is 13.0. The van der Waals surface area contributed by atoms with Gasteiger partial charge in [0, 0.05) is 24.0 Å². The fourth-order valence-electron chi connectivity index (χ4n) is 2.43. The molecule has 0 radical (unpaired) electrons. The van der Waals surface area contributed by atoms with Crippen molar-refractivity contribution >= 4 is 23.2 Å². The highest BCUT2D eigenvalue weighted by molar-refractivity contribution is 6.31. The van der Waals surface area contributed by atoms with Crippen LogP contribution < -0.4 is 5.32 Å². The van der Waals surface area contributed by atoms with Crippen molar-refractivity contribution in [3.05, 3.63) is 47.0 Å². The van der Waals surface area contributed by atoms with Gasteiger partial charge in [0.1, 0.15) is 5.82 Å². The van der Waals surface area contributed by atoms with Gasteiger partial charge in [0.15, 0.2) is 6.17 Å². The van der Waals surface area contributed by atoms with Gasteiger partial charge in [-0.1, -0.05) is 18.5 Å². The second-order valence-electron chi connectivity index (χ2n) is 4.71. The van der Waals surface area contributed by atoms with Crippen molar-refractivity contribution in [2.45, 2.75) is 19.5 Å². The molecule has 2 heterocycles. The predicted molar refractivity (Wildman–Crippen MR) is 77.7 cm³/mol. The van der Waals surface area contributed by atoms with E-state index in [4.69, 9.17) is 11.6 Å². The molecule has 0 fully saturated rings. The summed E-state index contributed by atoms with van der Waals surface area (Å²) in [5.41, 5.74) is 1.39. The summed E-state index contributed by atoms with van der Waals surface area (Å²) >= 11 is 6.01. The van der Waals surface area contributed by atoms with E-state index in [1.54, 1.807) is 35.5 Å². The molecule has 104 valence electrons. The van der Waals surface area contributed by atoms with Crippen LogP contribution in [0, 0.1) is 0 Å². The number of amides is 1. The van der Waals surface area contributed by atoms with Crippen LogP contribution in [0.25, 0.3) is 0 Å². The number of hydrogen-bond donors (Lipinski definition) is 2. The van der Waals surface area contributed by atoms with Gasteiger partial charge >= 0.3 is 0 Å².